The van der Waals surface area contributed by atoms with Crippen LogP contribution in [0, 0.1) is 0 Å². The predicted molar refractivity (Wildman–Crippen MR) is 70.7 cm³/mol. The fraction of sp³-hybridized carbons (Fsp3) is 0.364. The van der Waals surface area contributed by atoms with Crippen LogP contribution in [0.3, 0.4) is 0 Å². The Kier molecular flexibility index (Phi) is 4.71. The van der Waals surface area contributed by atoms with E-state index in [0.717, 1.165) is 12.1 Å². The van der Waals surface area contributed by atoms with Crippen LogP contribution < -0.4 is 10.5 Å². The molecule has 1 unspecified atom stereocenters. The number of rotatable bonds is 6. The number of hydrogen-bond donors (Lipinski definition) is 5. The number of nitrogens with one attached hydrogen (secondary N) is 1. The van der Waals surface area contributed by atoms with Gasteiger partial charge in [0.05, 0.1) is 22.7 Å². The first-order valence-corrected chi connectivity index (χ1v) is 7.03. The normalized spacial score (nSPS) is 14.8. The highest BCUT2D eigenvalue weighted by molar-refractivity contribution is 7.89. The third-order valence-electron chi connectivity index (χ3n) is 2.51. The number of anilines is 1. The SMILES string of the molecule is CC(O)(CO)CNS(=O)(=O)c1ccc(N)cc1C(=O)O. The van der Waals surface area contributed by atoms with E-state index in [2.05, 4.69) is 0 Å². The number of nitrogen functional groups attached to an aromatic ring is 1. The lowest BCUT2D eigenvalue weighted by atomic mass is 10.1. The smallest absolute Gasteiger partial charge is 0.337 e. The van der Waals surface area contributed by atoms with Crippen molar-refractivity contribution in [2.24, 2.45) is 0 Å². The van der Waals surface area contributed by atoms with E-state index in [1.54, 1.807) is 0 Å². The molecule has 0 amide bonds. The molecule has 0 aromatic heterocycles. The number of carboxylic acids is 1. The maximum absolute atomic E-state index is 12.0. The summed E-state index contributed by atoms with van der Waals surface area (Å²) in [6, 6.07) is 3.35. The number of aliphatic hydroxyl groups is 2. The molecule has 8 nitrogen and oxygen atoms in total. The summed E-state index contributed by atoms with van der Waals surface area (Å²) in [7, 11) is -4.15. The van der Waals surface area contributed by atoms with E-state index in [9.17, 15) is 18.3 Å². The molecule has 112 valence electrons. The maximum atomic E-state index is 12.0. The summed E-state index contributed by atoms with van der Waals surface area (Å²) in [5.74, 6) is -1.44. The molecule has 0 saturated carbocycles. The first-order valence-electron chi connectivity index (χ1n) is 5.55. The predicted octanol–water partition coefficient (Wildman–Crippen LogP) is -1.01. The van der Waals surface area contributed by atoms with Gasteiger partial charge in [-0.15, -0.1) is 0 Å². The topological polar surface area (TPSA) is 150 Å². The summed E-state index contributed by atoms with van der Waals surface area (Å²) in [4.78, 5) is 10.6. The van der Waals surface area contributed by atoms with Crippen LogP contribution in [0.5, 0.6) is 0 Å². The lowest BCUT2D eigenvalue weighted by Crippen LogP contribution is -2.43. The molecular formula is C11H16N2O6S. The van der Waals surface area contributed by atoms with Crippen LogP contribution in [0.2, 0.25) is 0 Å². The van der Waals surface area contributed by atoms with Gasteiger partial charge >= 0.3 is 5.97 Å². The number of benzene rings is 1. The van der Waals surface area contributed by atoms with Crippen molar-refractivity contribution < 1.29 is 28.5 Å². The van der Waals surface area contributed by atoms with Gasteiger partial charge in [0.15, 0.2) is 0 Å². The lowest BCUT2D eigenvalue weighted by Gasteiger charge is -2.20. The minimum atomic E-state index is -4.15. The van der Waals surface area contributed by atoms with Gasteiger partial charge in [-0.05, 0) is 25.1 Å². The third kappa shape index (κ3) is 3.90. The number of nitrogens with two attached hydrogens (primary N) is 1. The molecule has 1 aromatic carbocycles. The van der Waals surface area contributed by atoms with Gasteiger partial charge in [-0.1, -0.05) is 0 Å². The Morgan fingerprint density at radius 2 is 2.05 bits per heavy atom. The van der Waals surface area contributed by atoms with Crippen molar-refractivity contribution in [3.63, 3.8) is 0 Å². The highest BCUT2D eigenvalue weighted by atomic mass is 32.2. The minimum absolute atomic E-state index is 0.115. The van der Waals surface area contributed by atoms with Gasteiger partial charge in [0.25, 0.3) is 0 Å². The van der Waals surface area contributed by atoms with Crippen molar-refractivity contribution in [3.05, 3.63) is 23.8 Å². The number of hydrogen-bond acceptors (Lipinski definition) is 6. The molecule has 0 aliphatic heterocycles. The van der Waals surface area contributed by atoms with E-state index in [-0.39, 0.29) is 5.69 Å². The van der Waals surface area contributed by atoms with Crippen molar-refractivity contribution in [2.45, 2.75) is 17.4 Å². The number of aliphatic hydroxyl groups excluding tert-OH is 1. The van der Waals surface area contributed by atoms with Crippen LogP contribution in [0.15, 0.2) is 23.1 Å². The Hall–Kier alpha value is -1.68. The zero-order valence-corrected chi connectivity index (χ0v) is 11.5. The molecule has 20 heavy (non-hydrogen) atoms. The quantitative estimate of drug-likeness (QED) is 0.422. The Balaban J connectivity index is 3.13. The molecule has 0 heterocycles. The molecule has 1 rings (SSSR count). The first-order chi connectivity index (χ1) is 9.09. The van der Waals surface area contributed by atoms with E-state index in [1.807, 2.05) is 4.72 Å². The Morgan fingerprint density at radius 3 is 2.55 bits per heavy atom. The molecule has 0 saturated heterocycles. The van der Waals surface area contributed by atoms with Gasteiger partial charge in [-0.25, -0.2) is 17.9 Å². The van der Waals surface area contributed by atoms with Crippen molar-refractivity contribution in [1.82, 2.24) is 4.72 Å². The number of aromatic carboxylic acids is 1. The van der Waals surface area contributed by atoms with Gasteiger partial charge in [0.2, 0.25) is 10.0 Å². The number of sulfonamides is 1. The molecule has 0 fully saturated rings. The Morgan fingerprint density at radius 1 is 1.45 bits per heavy atom. The zero-order valence-electron chi connectivity index (χ0n) is 10.7. The van der Waals surface area contributed by atoms with Gasteiger partial charge < -0.3 is 21.1 Å². The average Bonchev–Trinajstić information content (AvgIpc) is 2.36. The fourth-order valence-corrected chi connectivity index (χ4v) is 2.67. The van der Waals surface area contributed by atoms with Gasteiger partial charge in [-0.3, -0.25) is 0 Å². The van der Waals surface area contributed by atoms with Crippen molar-refractivity contribution in [3.8, 4) is 0 Å². The van der Waals surface area contributed by atoms with Crippen LogP contribution in [0.25, 0.3) is 0 Å². The molecule has 0 spiro atoms. The second-order valence-corrected chi connectivity index (χ2v) is 6.28. The van der Waals surface area contributed by atoms with Crippen LogP contribution in [-0.4, -0.2) is 48.5 Å². The fourth-order valence-electron chi connectivity index (χ4n) is 1.33. The van der Waals surface area contributed by atoms with E-state index >= 15 is 0 Å². The molecule has 1 aromatic rings. The molecule has 1 atom stereocenters. The zero-order chi connectivity index (χ0) is 15.6. The van der Waals surface area contributed by atoms with Crippen molar-refractivity contribution in [1.29, 1.82) is 0 Å². The molecule has 0 aliphatic carbocycles. The van der Waals surface area contributed by atoms with Crippen LogP contribution >= 0.6 is 0 Å². The maximum Gasteiger partial charge on any atom is 0.337 e. The molecule has 0 aliphatic rings. The summed E-state index contributed by atoms with van der Waals surface area (Å²) in [5, 5.41) is 27.4. The third-order valence-corrected chi connectivity index (χ3v) is 3.97. The largest absolute Gasteiger partial charge is 0.478 e. The summed E-state index contributed by atoms with van der Waals surface area (Å²) in [6.45, 7) is 0.120. The van der Waals surface area contributed by atoms with E-state index in [0.29, 0.717) is 0 Å². The monoisotopic (exact) mass is 304 g/mol. The summed E-state index contributed by atoms with van der Waals surface area (Å²) >= 11 is 0. The van der Waals surface area contributed by atoms with Crippen molar-refractivity contribution in [2.75, 3.05) is 18.9 Å². The van der Waals surface area contributed by atoms with Gasteiger partial charge in [0, 0.05) is 12.2 Å². The second-order valence-electron chi connectivity index (χ2n) is 4.54. The number of carboxylic acid groups (broad SMARTS) is 1. The highest BCUT2D eigenvalue weighted by Gasteiger charge is 2.26. The highest BCUT2D eigenvalue weighted by Crippen LogP contribution is 2.19. The number of carbonyl (C=O) groups is 1. The molecule has 6 N–H and O–H groups in total. The average molecular weight is 304 g/mol. The van der Waals surface area contributed by atoms with Gasteiger partial charge in [0.1, 0.15) is 0 Å². The molecule has 0 radical (unpaired) electrons. The molecule has 9 heteroatoms. The first kappa shape index (κ1) is 16.4. The lowest BCUT2D eigenvalue weighted by molar-refractivity contribution is 0.00681. The summed E-state index contributed by atoms with van der Waals surface area (Å²) in [5.41, 5.74) is 3.42. The second kappa shape index (κ2) is 5.75. The van der Waals surface area contributed by atoms with E-state index in [4.69, 9.17) is 15.9 Å². The van der Waals surface area contributed by atoms with Crippen LogP contribution in [0.1, 0.15) is 17.3 Å². The van der Waals surface area contributed by atoms with Crippen LogP contribution in [0.4, 0.5) is 5.69 Å². The van der Waals surface area contributed by atoms with Crippen molar-refractivity contribution >= 4 is 21.7 Å². The van der Waals surface area contributed by atoms with E-state index < -0.39 is 45.2 Å². The molecule has 0 bridgehead atoms. The standard InChI is InChI=1S/C11H16N2O6S/c1-11(17,6-14)5-13-20(18,19)9-3-2-7(12)4-8(9)10(15)16/h2-4,13-14,17H,5-6,12H2,1H3,(H,15,16). The van der Waals surface area contributed by atoms with Gasteiger partial charge in [-0.2, -0.15) is 0 Å². The minimum Gasteiger partial charge on any atom is -0.478 e. The summed E-state index contributed by atoms with van der Waals surface area (Å²) in [6.07, 6.45) is 0. The Bertz CT molecular complexity index is 611. The summed E-state index contributed by atoms with van der Waals surface area (Å²) < 4.78 is 26.1. The Labute approximate surface area is 115 Å². The van der Waals surface area contributed by atoms with E-state index in [1.165, 1.54) is 13.0 Å². The molecular weight excluding hydrogens is 288 g/mol. The van der Waals surface area contributed by atoms with Crippen LogP contribution in [-0.2, 0) is 10.0 Å².